The number of carbonyl (C=O) groups is 2. The first-order valence-electron chi connectivity index (χ1n) is 12.8. The van der Waals surface area contributed by atoms with E-state index in [1.54, 1.807) is 0 Å². The zero-order valence-electron chi connectivity index (χ0n) is 21.2. The number of ether oxygens (including phenoxy) is 1. The summed E-state index contributed by atoms with van der Waals surface area (Å²) in [6.07, 6.45) is 7.66. The van der Waals surface area contributed by atoms with Crippen LogP contribution in [0.5, 0.6) is 0 Å². The third kappa shape index (κ3) is 6.94. The monoisotopic (exact) mass is 483 g/mol. The van der Waals surface area contributed by atoms with E-state index < -0.39 is 17.4 Å². The highest BCUT2D eigenvalue weighted by Crippen LogP contribution is 2.42. The molecule has 0 fully saturated rings. The van der Waals surface area contributed by atoms with Crippen LogP contribution < -0.4 is 5.32 Å². The highest BCUT2D eigenvalue weighted by molar-refractivity contribution is 5.86. The number of rotatable bonds is 14. The molecule has 3 aromatic rings. The topological polar surface area (TPSA) is 55.4 Å². The average molecular weight is 484 g/mol. The molecule has 0 saturated heterocycles. The van der Waals surface area contributed by atoms with Gasteiger partial charge in [0, 0.05) is 6.42 Å². The van der Waals surface area contributed by atoms with Crippen LogP contribution in [0.25, 0.3) is 0 Å². The first-order chi connectivity index (χ1) is 17.6. The van der Waals surface area contributed by atoms with Crippen LogP contribution >= 0.6 is 0 Å². The molecule has 0 heterocycles. The summed E-state index contributed by atoms with van der Waals surface area (Å²) in [6.45, 7) is 3.76. The van der Waals surface area contributed by atoms with Crippen LogP contribution in [0.4, 0.5) is 0 Å². The number of esters is 1. The van der Waals surface area contributed by atoms with E-state index in [0.717, 1.165) is 48.8 Å². The fourth-order valence-electron chi connectivity index (χ4n) is 4.84. The van der Waals surface area contributed by atoms with Crippen LogP contribution in [0.15, 0.2) is 104 Å². The fourth-order valence-corrected chi connectivity index (χ4v) is 4.84. The van der Waals surface area contributed by atoms with Crippen molar-refractivity contribution in [1.29, 1.82) is 0 Å². The number of unbranched alkanes of at least 4 members (excludes halogenated alkanes) is 4. The van der Waals surface area contributed by atoms with Crippen LogP contribution in [0.1, 0.15) is 61.6 Å². The van der Waals surface area contributed by atoms with Crippen molar-refractivity contribution in [1.82, 2.24) is 5.32 Å². The van der Waals surface area contributed by atoms with Crippen molar-refractivity contribution in [2.75, 3.05) is 7.11 Å². The van der Waals surface area contributed by atoms with E-state index in [4.69, 9.17) is 4.74 Å². The average Bonchev–Trinajstić information content (AvgIpc) is 2.94. The van der Waals surface area contributed by atoms with E-state index in [1.807, 2.05) is 60.7 Å². The Kier molecular flexibility index (Phi) is 10.5. The largest absolute Gasteiger partial charge is 0.467 e. The van der Waals surface area contributed by atoms with E-state index in [-0.39, 0.29) is 12.3 Å². The summed E-state index contributed by atoms with van der Waals surface area (Å²) in [7, 11) is 1.37. The highest BCUT2D eigenvalue weighted by Gasteiger charge is 2.39. The maximum atomic E-state index is 13.7. The van der Waals surface area contributed by atoms with Crippen LogP contribution in [-0.4, -0.2) is 25.0 Å². The lowest BCUT2D eigenvalue weighted by atomic mass is 9.67. The second kappa shape index (κ2) is 14.0. The van der Waals surface area contributed by atoms with Crippen LogP contribution in [0, 0.1) is 0 Å². The van der Waals surface area contributed by atoms with Gasteiger partial charge in [-0.15, -0.1) is 6.58 Å². The fraction of sp³-hybridized carbons (Fsp3) is 0.312. The van der Waals surface area contributed by atoms with Crippen molar-refractivity contribution >= 4 is 11.9 Å². The minimum absolute atomic E-state index is 0.165. The molecule has 0 aliphatic carbocycles. The normalized spacial score (nSPS) is 11.9. The molecule has 188 valence electrons. The van der Waals surface area contributed by atoms with Crippen molar-refractivity contribution in [2.24, 2.45) is 0 Å². The summed E-state index contributed by atoms with van der Waals surface area (Å²) >= 11 is 0. The van der Waals surface area contributed by atoms with Gasteiger partial charge in [0.25, 0.3) is 0 Å². The van der Waals surface area contributed by atoms with Gasteiger partial charge in [-0.3, -0.25) is 4.79 Å². The van der Waals surface area contributed by atoms with Crippen LogP contribution in [0.2, 0.25) is 0 Å². The van der Waals surface area contributed by atoms with Crippen molar-refractivity contribution < 1.29 is 14.3 Å². The summed E-state index contributed by atoms with van der Waals surface area (Å²) in [5.41, 5.74) is 2.36. The molecule has 0 radical (unpaired) electrons. The predicted molar refractivity (Wildman–Crippen MR) is 146 cm³/mol. The van der Waals surface area contributed by atoms with Gasteiger partial charge >= 0.3 is 5.97 Å². The van der Waals surface area contributed by atoms with Gasteiger partial charge < -0.3 is 10.1 Å². The Morgan fingerprint density at radius 1 is 0.806 bits per heavy atom. The molecule has 1 amide bonds. The lowest BCUT2D eigenvalue weighted by Gasteiger charge is -2.36. The molecule has 0 aliphatic rings. The number of methoxy groups -OCH3 is 1. The minimum Gasteiger partial charge on any atom is -0.467 e. The molecular formula is C32H37NO3. The van der Waals surface area contributed by atoms with Crippen molar-refractivity contribution in [3.63, 3.8) is 0 Å². The zero-order chi connectivity index (χ0) is 25.6. The Morgan fingerprint density at radius 2 is 1.28 bits per heavy atom. The van der Waals surface area contributed by atoms with Gasteiger partial charge in [-0.1, -0.05) is 116 Å². The molecular weight excluding hydrogens is 446 g/mol. The highest BCUT2D eigenvalue weighted by atomic mass is 16.5. The molecule has 36 heavy (non-hydrogen) atoms. The van der Waals surface area contributed by atoms with Gasteiger partial charge in [-0.25, -0.2) is 4.79 Å². The summed E-state index contributed by atoms with van der Waals surface area (Å²) in [5.74, 6) is -0.590. The van der Waals surface area contributed by atoms with Gasteiger partial charge in [-0.2, -0.15) is 0 Å². The van der Waals surface area contributed by atoms with Gasteiger partial charge in [0.05, 0.1) is 12.5 Å². The van der Waals surface area contributed by atoms with Crippen LogP contribution in [0.3, 0.4) is 0 Å². The Morgan fingerprint density at radius 3 is 1.72 bits per heavy atom. The molecule has 0 bridgehead atoms. The standard InChI is InChI=1S/C32H37NO3/c1-3-4-5-6-7-17-24-29(31(35)36-2)33-30(34)25-32(26-18-11-8-12-19-26,27-20-13-9-14-21-27)28-22-15-10-16-23-28/h3,8-16,18-23,29H,1,4-7,17,24-25H2,2H3,(H,33,34)/t29-/m1/s1. The van der Waals surface area contributed by atoms with Crippen molar-refractivity contribution in [2.45, 2.75) is 56.4 Å². The lowest BCUT2D eigenvalue weighted by molar-refractivity contribution is -0.145. The second-order valence-corrected chi connectivity index (χ2v) is 9.10. The number of benzene rings is 3. The minimum atomic E-state index is -0.709. The van der Waals surface area contributed by atoms with E-state index in [9.17, 15) is 9.59 Å². The SMILES string of the molecule is C=CCCCCCC[C@@H](NC(=O)CC(c1ccccc1)(c1ccccc1)c1ccccc1)C(=O)OC. The molecule has 1 N–H and O–H groups in total. The molecule has 4 nitrogen and oxygen atoms in total. The number of hydrogen-bond donors (Lipinski definition) is 1. The number of hydrogen-bond acceptors (Lipinski definition) is 3. The number of carbonyl (C=O) groups excluding carboxylic acids is 2. The number of amides is 1. The van der Waals surface area contributed by atoms with E-state index in [0.29, 0.717) is 6.42 Å². The molecule has 0 unspecified atom stereocenters. The third-order valence-electron chi connectivity index (χ3n) is 6.70. The Hall–Kier alpha value is -3.66. The van der Waals surface area contributed by atoms with E-state index >= 15 is 0 Å². The molecule has 1 atom stereocenters. The molecule has 4 heteroatoms. The van der Waals surface area contributed by atoms with Gasteiger partial charge in [0.2, 0.25) is 5.91 Å². The first kappa shape index (κ1) is 26.9. The van der Waals surface area contributed by atoms with E-state index in [1.165, 1.54) is 7.11 Å². The Balaban J connectivity index is 1.90. The summed E-state index contributed by atoms with van der Waals surface area (Å²) in [6, 6.07) is 29.6. The van der Waals surface area contributed by atoms with Gasteiger partial charge in [-0.05, 0) is 36.0 Å². The Labute approximate surface area is 215 Å². The molecule has 0 aromatic heterocycles. The second-order valence-electron chi connectivity index (χ2n) is 9.10. The summed E-state index contributed by atoms with van der Waals surface area (Å²) < 4.78 is 5.03. The molecule has 0 saturated carbocycles. The predicted octanol–water partition coefficient (Wildman–Crippen LogP) is 6.60. The number of nitrogens with one attached hydrogen (secondary N) is 1. The maximum absolute atomic E-state index is 13.7. The van der Waals surface area contributed by atoms with E-state index in [2.05, 4.69) is 48.3 Å². The smallest absolute Gasteiger partial charge is 0.328 e. The molecule has 3 aromatic carbocycles. The number of allylic oxidation sites excluding steroid dienone is 1. The molecule has 0 aliphatic heterocycles. The first-order valence-corrected chi connectivity index (χ1v) is 12.8. The molecule has 0 spiro atoms. The quantitative estimate of drug-likeness (QED) is 0.122. The summed E-state index contributed by atoms with van der Waals surface area (Å²) in [4.78, 5) is 26.2. The Bertz CT molecular complexity index is 983. The molecule has 3 rings (SSSR count). The maximum Gasteiger partial charge on any atom is 0.328 e. The summed E-state index contributed by atoms with van der Waals surface area (Å²) in [5, 5.41) is 3.00. The third-order valence-corrected chi connectivity index (χ3v) is 6.70. The van der Waals surface area contributed by atoms with Gasteiger partial charge in [0.15, 0.2) is 0 Å². The zero-order valence-corrected chi connectivity index (χ0v) is 21.2. The van der Waals surface area contributed by atoms with Gasteiger partial charge in [0.1, 0.15) is 6.04 Å². The van der Waals surface area contributed by atoms with Crippen molar-refractivity contribution in [3.8, 4) is 0 Å². The van der Waals surface area contributed by atoms with Crippen LogP contribution in [-0.2, 0) is 19.7 Å². The van der Waals surface area contributed by atoms with Crippen molar-refractivity contribution in [3.05, 3.63) is 120 Å². The lowest BCUT2D eigenvalue weighted by Crippen LogP contribution is -2.45.